The molecule has 5 nitrogen and oxygen atoms in total. The fraction of sp³-hybridized carbons (Fsp3) is 0.421. The van der Waals surface area contributed by atoms with Crippen LogP contribution in [-0.2, 0) is 9.59 Å². The Balaban J connectivity index is 1.93. The van der Waals surface area contributed by atoms with Crippen molar-refractivity contribution in [1.82, 2.24) is 10.6 Å². The van der Waals surface area contributed by atoms with Gasteiger partial charge in [0.15, 0.2) is 0 Å². The maximum atomic E-state index is 12.5. The van der Waals surface area contributed by atoms with Crippen LogP contribution < -0.4 is 10.6 Å². The van der Waals surface area contributed by atoms with E-state index in [2.05, 4.69) is 16.7 Å². The third-order valence-electron chi connectivity index (χ3n) is 5.09. The minimum Gasteiger partial charge on any atom is -0.345 e. The van der Waals surface area contributed by atoms with Crippen molar-refractivity contribution in [2.45, 2.75) is 32.7 Å². The van der Waals surface area contributed by atoms with E-state index in [-0.39, 0.29) is 29.6 Å². The van der Waals surface area contributed by atoms with E-state index in [1.807, 2.05) is 19.9 Å². The van der Waals surface area contributed by atoms with E-state index in [1.165, 1.54) is 0 Å². The lowest BCUT2D eigenvalue weighted by Crippen LogP contribution is -2.49. The van der Waals surface area contributed by atoms with E-state index in [4.69, 9.17) is 0 Å². The monoisotopic (exact) mass is 326 g/mol. The second-order valence-corrected chi connectivity index (χ2v) is 6.39. The van der Waals surface area contributed by atoms with Gasteiger partial charge in [0.2, 0.25) is 11.8 Å². The lowest BCUT2D eigenvalue weighted by atomic mass is 9.70. The Kier molecular flexibility index (Phi) is 4.51. The van der Waals surface area contributed by atoms with Crippen LogP contribution in [0, 0.1) is 17.8 Å². The zero-order valence-electron chi connectivity index (χ0n) is 13.9. The Morgan fingerprint density at radius 2 is 1.75 bits per heavy atom. The molecule has 4 unspecified atom stereocenters. The topological polar surface area (TPSA) is 75.3 Å². The third-order valence-corrected chi connectivity index (χ3v) is 5.09. The van der Waals surface area contributed by atoms with E-state index >= 15 is 0 Å². The highest BCUT2D eigenvalue weighted by Crippen LogP contribution is 2.40. The number of hydrogen-bond acceptors (Lipinski definition) is 3. The van der Waals surface area contributed by atoms with Crippen molar-refractivity contribution in [1.29, 1.82) is 0 Å². The van der Waals surface area contributed by atoms with Gasteiger partial charge in [-0.25, -0.2) is 0 Å². The number of amides is 3. The Morgan fingerprint density at radius 1 is 1.08 bits per heavy atom. The molecule has 0 saturated carbocycles. The lowest BCUT2D eigenvalue weighted by Gasteiger charge is -2.36. The largest absolute Gasteiger partial charge is 0.345 e. The maximum absolute atomic E-state index is 12.5. The van der Waals surface area contributed by atoms with Crippen molar-refractivity contribution in [2.24, 2.45) is 17.8 Å². The number of carbonyl (C=O) groups is 3. The van der Waals surface area contributed by atoms with Crippen molar-refractivity contribution in [2.75, 3.05) is 0 Å². The highest BCUT2D eigenvalue weighted by Gasteiger charge is 2.52. The molecule has 0 spiro atoms. The number of benzene rings is 1. The van der Waals surface area contributed by atoms with Gasteiger partial charge in [0, 0.05) is 5.56 Å². The van der Waals surface area contributed by atoms with Gasteiger partial charge in [-0.15, -0.1) is 0 Å². The smallest absolute Gasteiger partial charge is 0.251 e. The molecule has 1 saturated heterocycles. The van der Waals surface area contributed by atoms with E-state index < -0.39 is 12.0 Å². The average molecular weight is 326 g/mol. The summed E-state index contributed by atoms with van der Waals surface area (Å²) in [4.78, 5) is 37.1. The molecule has 0 aromatic heterocycles. The molecular formula is C19H22N2O3. The van der Waals surface area contributed by atoms with Crippen molar-refractivity contribution in [3.8, 4) is 0 Å². The van der Waals surface area contributed by atoms with E-state index in [1.54, 1.807) is 24.3 Å². The molecule has 5 heteroatoms. The van der Waals surface area contributed by atoms with Crippen LogP contribution in [0.15, 0.2) is 42.0 Å². The van der Waals surface area contributed by atoms with E-state index in [0.29, 0.717) is 5.56 Å². The normalized spacial score (nSPS) is 28.8. The number of allylic oxidation sites excluding steroid dienone is 1. The summed E-state index contributed by atoms with van der Waals surface area (Å²) in [6.45, 7) is 4.03. The van der Waals surface area contributed by atoms with E-state index in [0.717, 1.165) is 18.4 Å². The maximum Gasteiger partial charge on any atom is 0.251 e. The minimum atomic E-state index is -0.518. The first kappa shape index (κ1) is 16.4. The highest BCUT2D eigenvalue weighted by atomic mass is 16.2. The van der Waals surface area contributed by atoms with Crippen LogP contribution in [0.5, 0.6) is 0 Å². The number of carbonyl (C=O) groups excluding carboxylic acids is 3. The first-order chi connectivity index (χ1) is 11.6. The number of imide groups is 1. The summed E-state index contributed by atoms with van der Waals surface area (Å²) >= 11 is 0. The molecule has 126 valence electrons. The standard InChI is InChI=1S/C19H22N2O3/c1-3-11-10-12(4-2)16(15-14(11)18(23)21-19(15)24)20-17(22)13-8-6-5-7-9-13/h5-11,14-16H,3-4H2,1-2H3,(H,20,22)(H,21,23,24). The van der Waals surface area contributed by atoms with Gasteiger partial charge in [-0.3, -0.25) is 19.7 Å². The number of hydrogen-bond donors (Lipinski definition) is 2. The Labute approximate surface area is 141 Å². The second-order valence-electron chi connectivity index (χ2n) is 6.39. The average Bonchev–Trinajstić information content (AvgIpc) is 2.90. The molecule has 2 aliphatic rings. The van der Waals surface area contributed by atoms with E-state index in [9.17, 15) is 14.4 Å². The SMILES string of the molecule is CCC1=CC(CC)C2C(=O)NC(=O)C2C1NC(=O)c1ccccc1. The molecule has 1 heterocycles. The summed E-state index contributed by atoms with van der Waals surface area (Å²) in [5, 5.41) is 5.43. The molecule has 1 aliphatic carbocycles. The lowest BCUT2D eigenvalue weighted by molar-refractivity contribution is -0.126. The summed E-state index contributed by atoms with van der Waals surface area (Å²) in [5.74, 6) is -1.58. The number of rotatable bonds is 4. The first-order valence-corrected chi connectivity index (χ1v) is 8.48. The van der Waals surface area contributed by atoms with Gasteiger partial charge >= 0.3 is 0 Å². The zero-order chi connectivity index (χ0) is 17.3. The molecule has 2 N–H and O–H groups in total. The van der Waals surface area contributed by atoms with Gasteiger partial charge < -0.3 is 5.32 Å². The molecule has 24 heavy (non-hydrogen) atoms. The second kappa shape index (κ2) is 6.59. The summed E-state index contributed by atoms with van der Waals surface area (Å²) in [6, 6.07) is 8.49. The number of nitrogens with one attached hydrogen (secondary N) is 2. The highest BCUT2D eigenvalue weighted by molar-refractivity contribution is 6.06. The van der Waals surface area contributed by atoms with Crippen molar-refractivity contribution in [3.63, 3.8) is 0 Å². The molecule has 1 aromatic rings. The van der Waals surface area contributed by atoms with Crippen LogP contribution in [0.1, 0.15) is 37.0 Å². The molecule has 3 rings (SSSR count). The molecule has 3 amide bonds. The molecule has 1 aromatic carbocycles. The van der Waals surface area contributed by atoms with Gasteiger partial charge in [-0.05, 0) is 30.9 Å². The summed E-state index contributed by atoms with van der Waals surface area (Å²) in [6.07, 6.45) is 3.61. The predicted octanol–water partition coefficient (Wildman–Crippen LogP) is 2.05. The fourth-order valence-corrected chi connectivity index (χ4v) is 3.85. The fourth-order valence-electron chi connectivity index (χ4n) is 3.85. The van der Waals surface area contributed by atoms with Crippen LogP contribution in [0.4, 0.5) is 0 Å². The van der Waals surface area contributed by atoms with Crippen LogP contribution >= 0.6 is 0 Å². The van der Waals surface area contributed by atoms with Crippen LogP contribution in [0.25, 0.3) is 0 Å². The Morgan fingerprint density at radius 3 is 2.38 bits per heavy atom. The predicted molar refractivity (Wildman–Crippen MR) is 90.0 cm³/mol. The van der Waals surface area contributed by atoms with Crippen LogP contribution in [0.3, 0.4) is 0 Å². The Bertz CT molecular complexity index is 696. The van der Waals surface area contributed by atoms with Crippen molar-refractivity contribution < 1.29 is 14.4 Å². The van der Waals surface area contributed by atoms with Crippen LogP contribution in [-0.4, -0.2) is 23.8 Å². The molecule has 1 fully saturated rings. The van der Waals surface area contributed by atoms with Gasteiger partial charge in [-0.1, -0.05) is 43.7 Å². The molecule has 4 atom stereocenters. The van der Waals surface area contributed by atoms with Gasteiger partial charge in [0.05, 0.1) is 17.9 Å². The minimum absolute atomic E-state index is 0.0428. The Hall–Kier alpha value is -2.43. The van der Waals surface area contributed by atoms with Crippen molar-refractivity contribution in [3.05, 3.63) is 47.5 Å². The quantitative estimate of drug-likeness (QED) is 0.657. The zero-order valence-corrected chi connectivity index (χ0v) is 13.9. The molecule has 0 bridgehead atoms. The third kappa shape index (κ3) is 2.75. The van der Waals surface area contributed by atoms with Crippen LogP contribution in [0.2, 0.25) is 0 Å². The molecular weight excluding hydrogens is 304 g/mol. The number of fused-ring (bicyclic) bond motifs is 1. The summed E-state index contributed by atoms with van der Waals surface area (Å²) in [7, 11) is 0. The van der Waals surface area contributed by atoms with Gasteiger partial charge in [0.25, 0.3) is 5.91 Å². The molecule has 0 radical (unpaired) electrons. The van der Waals surface area contributed by atoms with Gasteiger partial charge in [-0.2, -0.15) is 0 Å². The van der Waals surface area contributed by atoms with Gasteiger partial charge in [0.1, 0.15) is 0 Å². The first-order valence-electron chi connectivity index (χ1n) is 8.48. The van der Waals surface area contributed by atoms with Crippen molar-refractivity contribution >= 4 is 17.7 Å². The summed E-state index contributed by atoms with van der Waals surface area (Å²) < 4.78 is 0. The summed E-state index contributed by atoms with van der Waals surface area (Å²) in [5.41, 5.74) is 1.57. The molecule has 1 aliphatic heterocycles.